The molecule has 0 bridgehead atoms. The number of thiophene rings is 1. The average molecular weight is 351 g/mol. The smallest absolute Gasteiger partial charge is 0.244 e. The van der Waals surface area contributed by atoms with E-state index in [0.29, 0.717) is 6.54 Å². The third-order valence-electron chi connectivity index (χ3n) is 3.91. The molecule has 0 aliphatic heterocycles. The summed E-state index contributed by atoms with van der Waals surface area (Å²) in [7, 11) is 0. The van der Waals surface area contributed by atoms with Crippen molar-refractivity contribution in [1.29, 1.82) is 0 Å². The Hall–Kier alpha value is -2.66. The highest BCUT2D eigenvalue weighted by atomic mass is 32.1. The molecule has 5 heteroatoms. The number of hydrogen-bond donors (Lipinski definition) is 1. The molecule has 4 nitrogen and oxygen atoms in total. The molecule has 2 aromatic heterocycles. The Balaban J connectivity index is 1.70. The van der Waals surface area contributed by atoms with Crippen LogP contribution in [0.25, 0.3) is 6.08 Å². The van der Waals surface area contributed by atoms with Crippen LogP contribution in [0.2, 0.25) is 0 Å². The summed E-state index contributed by atoms with van der Waals surface area (Å²) in [6.45, 7) is 4.52. The zero-order valence-electron chi connectivity index (χ0n) is 14.3. The van der Waals surface area contributed by atoms with Gasteiger partial charge in [0.15, 0.2) is 0 Å². The topological polar surface area (TPSA) is 46.9 Å². The van der Waals surface area contributed by atoms with Crippen LogP contribution in [0.3, 0.4) is 0 Å². The molecule has 0 spiro atoms. The quantitative estimate of drug-likeness (QED) is 0.683. The van der Waals surface area contributed by atoms with Gasteiger partial charge in [-0.15, -0.1) is 11.3 Å². The lowest BCUT2D eigenvalue weighted by molar-refractivity contribution is -0.116. The van der Waals surface area contributed by atoms with Crippen molar-refractivity contribution in [3.63, 3.8) is 0 Å². The van der Waals surface area contributed by atoms with Gasteiger partial charge >= 0.3 is 0 Å². The summed E-state index contributed by atoms with van der Waals surface area (Å²) >= 11 is 1.68. The number of carbonyl (C=O) groups is 1. The molecule has 1 N–H and O–H groups in total. The number of carbonyl (C=O) groups excluding carboxylic acids is 1. The zero-order valence-corrected chi connectivity index (χ0v) is 15.2. The normalized spacial score (nSPS) is 12.4. The SMILES string of the molecule is Cc1cc(C)n(C(CNC(=O)/C=C/c2ccccc2)c2cccs2)n1. The number of amides is 1. The Morgan fingerprint density at radius 3 is 2.68 bits per heavy atom. The Labute approximate surface area is 151 Å². The van der Waals surface area contributed by atoms with Gasteiger partial charge in [-0.2, -0.15) is 5.10 Å². The third kappa shape index (κ3) is 4.45. The van der Waals surface area contributed by atoms with E-state index in [0.717, 1.165) is 17.0 Å². The number of nitrogens with zero attached hydrogens (tertiary/aromatic N) is 2. The lowest BCUT2D eigenvalue weighted by Crippen LogP contribution is -2.30. The first-order valence-electron chi connectivity index (χ1n) is 8.20. The first-order valence-corrected chi connectivity index (χ1v) is 9.08. The molecule has 3 rings (SSSR count). The molecule has 3 aromatic rings. The molecule has 0 aliphatic rings. The minimum absolute atomic E-state index is 0.00257. The minimum Gasteiger partial charge on any atom is -0.350 e. The number of nitrogens with one attached hydrogen (secondary N) is 1. The van der Waals surface area contributed by atoms with Gasteiger partial charge in [0, 0.05) is 23.2 Å². The highest BCUT2D eigenvalue weighted by Crippen LogP contribution is 2.24. The molecule has 0 saturated heterocycles. The van der Waals surface area contributed by atoms with Crippen molar-refractivity contribution < 1.29 is 4.79 Å². The monoisotopic (exact) mass is 351 g/mol. The van der Waals surface area contributed by atoms with Gasteiger partial charge in [0.05, 0.1) is 5.69 Å². The molecule has 1 aromatic carbocycles. The Morgan fingerprint density at radius 2 is 2.04 bits per heavy atom. The number of rotatable bonds is 6. The maximum absolute atomic E-state index is 12.2. The molecule has 0 radical (unpaired) electrons. The van der Waals surface area contributed by atoms with E-state index in [2.05, 4.69) is 22.5 Å². The molecule has 0 aliphatic carbocycles. The van der Waals surface area contributed by atoms with Crippen LogP contribution in [0.5, 0.6) is 0 Å². The second kappa shape index (κ2) is 7.94. The van der Waals surface area contributed by atoms with E-state index >= 15 is 0 Å². The maximum atomic E-state index is 12.2. The van der Waals surface area contributed by atoms with Crippen LogP contribution in [-0.4, -0.2) is 22.2 Å². The Morgan fingerprint density at radius 1 is 1.24 bits per heavy atom. The van der Waals surface area contributed by atoms with Gasteiger partial charge < -0.3 is 5.32 Å². The van der Waals surface area contributed by atoms with Gasteiger partial charge in [-0.1, -0.05) is 36.4 Å². The predicted octanol–water partition coefficient (Wildman–Crippen LogP) is 3.98. The van der Waals surface area contributed by atoms with E-state index in [1.54, 1.807) is 17.4 Å². The largest absolute Gasteiger partial charge is 0.350 e. The van der Waals surface area contributed by atoms with Gasteiger partial charge in [-0.3, -0.25) is 9.48 Å². The molecular formula is C20H21N3OS. The van der Waals surface area contributed by atoms with E-state index in [1.165, 1.54) is 4.88 Å². The van der Waals surface area contributed by atoms with E-state index < -0.39 is 0 Å². The Bertz CT molecular complexity index is 850. The lowest BCUT2D eigenvalue weighted by atomic mass is 10.2. The van der Waals surface area contributed by atoms with Crippen LogP contribution in [0.15, 0.2) is 60.0 Å². The molecule has 1 atom stereocenters. The first-order chi connectivity index (χ1) is 12.1. The second-order valence-corrected chi connectivity index (χ2v) is 6.87. The van der Waals surface area contributed by atoms with E-state index in [4.69, 9.17) is 0 Å². The van der Waals surface area contributed by atoms with Crippen LogP contribution in [0.4, 0.5) is 0 Å². The van der Waals surface area contributed by atoms with E-state index in [1.807, 2.05) is 66.4 Å². The lowest BCUT2D eigenvalue weighted by Gasteiger charge is -2.18. The average Bonchev–Trinajstić information content (AvgIpc) is 3.25. The number of aryl methyl sites for hydroxylation is 2. The summed E-state index contributed by atoms with van der Waals surface area (Å²) in [5, 5.41) is 9.64. The molecule has 25 heavy (non-hydrogen) atoms. The first kappa shape index (κ1) is 17.2. The molecule has 128 valence electrons. The fourth-order valence-corrected chi connectivity index (χ4v) is 3.55. The summed E-state index contributed by atoms with van der Waals surface area (Å²) in [6.07, 6.45) is 3.39. The van der Waals surface area contributed by atoms with Crippen LogP contribution in [-0.2, 0) is 4.79 Å². The standard InChI is InChI=1S/C20H21N3OS/c1-15-13-16(2)23(22-15)18(19-9-6-12-25-19)14-21-20(24)11-10-17-7-4-3-5-8-17/h3-13,18H,14H2,1-2H3,(H,21,24)/b11-10+. The molecule has 1 amide bonds. The van der Waals surface area contributed by atoms with Crippen LogP contribution in [0, 0.1) is 13.8 Å². The molecular weight excluding hydrogens is 330 g/mol. The fraction of sp³-hybridized carbons (Fsp3) is 0.200. The van der Waals surface area contributed by atoms with Crippen LogP contribution in [0.1, 0.15) is 27.9 Å². The maximum Gasteiger partial charge on any atom is 0.244 e. The van der Waals surface area contributed by atoms with Crippen molar-refractivity contribution in [3.05, 3.63) is 81.8 Å². The second-order valence-electron chi connectivity index (χ2n) is 5.89. The summed E-state index contributed by atoms with van der Waals surface area (Å²) in [5.41, 5.74) is 3.07. The van der Waals surface area contributed by atoms with Gasteiger partial charge in [0.1, 0.15) is 6.04 Å². The molecule has 0 saturated carbocycles. The summed E-state index contributed by atoms with van der Waals surface area (Å²) < 4.78 is 1.99. The third-order valence-corrected chi connectivity index (χ3v) is 4.88. The van der Waals surface area contributed by atoms with Crippen molar-refractivity contribution in [2.24, 2.45) is 0 Å². The molecule has 0 fully saturated rings. The van der Waals surface area contributed by atoms with Crippen molar-refractivity contribution >= 4 is 23.3 Å². The zero-order chi connectivity index (χ0) is 17.6. The van der Waals surface area contributed by atoms with Gasteiger partial charge in [-0.05, 0) is 43.0 Å². The van der Waals surface area contributed by atoms with Crippen molar-refractivity contribution in [1.82, 2.24) is 15.1 Å². The number of benzene rings is 1. The van der Waals surface area contributed by atoms with Crippen molar-refractivity contribution in [2.75, 3.05) is 6.54 Å². The fourth-order valence-electron chi connectivity index (χ4n) is 2.74. The van der Waals surface area contributed by atoms with Crippen LogP contribution < -0.4 is 5.32 Å². The number of aromatic nitrogens is 2. The van der Waals surface area contributed by atoms with E-state index in [9.17, 15) is 4.79 Å². The molecule has 2 heterocycles. The minimum atomic E-state index is -0.105. The van der Waals surface area contributed by atoms with Crippen LogP contribution >= 0.6 is 11.3 Å². The molecule has 1 unspecified atom stereocenters. The van der Waals surface area contributed by atoms with Gasteiger partial charge in [-0.25, -0.2) is 0 Å². The van der Waals surface area contributed by atoms with Crippen molar-refractivity contribution in [3.8, 4) is 0 Å². The number of hydrogen-bond acceptors (Lipinski definition) is 3. The highest BCUT2D eigenvalue weighted by Gasteiger charge is 2.18. The highest BCUT2D eigenvalue weighted by molar-refractivity contribution is 7.10. The Kier molecular flexibility index (Phi) is 5.46. The van der Waals surface area contributed by atoms with Gasteiger partial charge in [0.2, 0.25) is 5.91 Å². The van der Waals surface area contributed by atoms with Gasteiger partial charge in [0.25, 0.3) is 0 Å². The summed E-state index contributed by atoms with van der Waals surface area (Å²) in [6, 6.07) is 16.0. The summed E-state index contributed by atoms with van der Waals surface area (Å²) in [4.78, 5) is 13.4. The van der Waals surface area contributed by atoms with E-state index in [-0.39, 0.29) is 11.9 Å². The predicted molar refractivity (Wildman–Crippen MR) is 103 cm³/mol. The van der Waals surface area contributed by atoms with Crippen molar-refractivity contribution in [2.45, 2.75) is 19.9 Å². The summed E-state index contributed by atoms with van der Waals surface area (Å²) in [5.74, 6) is -0.105.